The molecule has 0 heterocycles. The van der Waals surface area contributed by atoms with Gasteiger partial charge in [-0.05, 0) is 88.0 Å². The summed E-state index contributed by atoms with van der Waals surface area (Å²) in [5, 5.41) is 2.43. The topological polar surface area (TPSA) is 17.1 Å². The molecule has 0 bridgehead atoms. The Morgan fingerprint density at radius 1 is 0.829 bits per heavy atom. The first kappa shape index (κ1) is 23.8. The van der Waals surface area contributed by atoms with Gasteiger partial charge in [0.05, 0.1) is 0 Å². The van der Waals surface area contributed by atoms with Crippen molar-refractivity contribution in [3.05, 3.63) is 112 Å². The number of carbonyl (C=O) groups is 1. The third kappa shape index (κ3) is 4.43. The molecule has 0 amide bonds. The molecule has 1 nitrogen and oxygen atoms in total. The minimum Gasteiger partial charge on any atom is -0.276 e. The van der Waals surface area contributed by atoms with Crippen LogP contribution in [-0.2, 0) is 17.3 Å². The van der Waals surface area contributed by atoms with E-state index in [0.29, 0.717) is 5.56 Å². The second-order valence-electron chi connectivity index (χ2n) is 11.1. The van der Waals surface area contributed by atoms with E-state index < -0.39 is 5.24 Å². The average Bonchev–Trinajstić information content (AvgIpc) is 2.86. The van der Waals surface area contributed by atoms with E-state index in [4.69, 9.17) is 11.6 Å². The lowest BCUT2D eigenvalue weighted by Crippen LogP contribution is -2.29. The van der Waals surface area contributed by atoms with Crippen molar-refractivity contribution in [2.45, 2.75) is 64.2 Å². The van der Waals surface area contributed by atoms with Crippen molar-refractivity contribution in [1.82, 2.24) is 0 Å². The summed E-state index contributed by atoms with van der Waals surface area (Å²) in [6, 6.07) is 19.1. The van der Waals surface area contributed by atoms with E-state index in [2.05, 4.69) is 88.4 Å². The summed E-state index contributed by atoms with van der Waals surface area (Å²) in [5.41, 5.74) is 9.21. The van der Waals surface area contributed by atoms with E-state index in [1.165, 1.54) is 58.7 Å². The minimum absolute atomic E-state index is 0.0126. The fourth-order valence-electron chi connectivity index (χ4n) is 5.74. The van der Waals surface area contributed by atoms with Gasteiger partial charge in [0.2, 0.25) is 0 Å². The summed E-state index contributed by atoms with van der Waals surface area (Å²) >= 11 is 5.55. The monoisotopic (exact) mass is 480 g/mol. The first-order valence-corrected chi connectivity index (χ1v) is 13.0. The maximum absolute atomic E-state index is 11.3. The van der Waals surface area contributed by atoms with Gasteiger partial charge in [0, 0.05) is 16.4 Å². The van der Waals surface area contributed by atoms with Gasteiger partial charge in [0.25, 0.3) is 5.24 Å². The van der Waals surface area contributed by atoms with Gasteiger partial charge in [-0.15, -0.1) is 0 Å². The Bertz CT molecular complexity index is 1410. The predicted molar refractivity (Wildman–Crippen MR) is 149 cm³/mol. The van der Waals surface area contributed by atoms with Gasteiger partial charge < -0.3 is 0 Å². The van der Waals surface area contributed by atoms with Crippen molar-refractivity contribution in [1.29, 1.82) is 0 Å². The van der Waals surface area contributed by atoms with Crippen molar-refractivity contribution in [2.24, 2.45) is 0 Å². The van der Waals surface area contributed by atoms with Crippen molar-refractivity contribution >= 4 is 33.2 Å². The van der Waals surface area contributed by atoms with Gasteiger partial charge in [-0.25, -0.2) is 0 Å². The molecule has 3 aliphatic rings. The smallest absolute Gasteiger partial charge is 0.252 e. The van der Waals surface area contributed by atoms with E-state index in [1.807, 2.05) is 18.2 Å². The highest BCUT2D eigenvalue weighted by Gasteiger charge is 2.33. The Morgan fingerprint density at radius 3 is 2.34 bits per heavy atom. The number of aryl methyl sites for hydroxylation is 1. The van der Waals surface area contributed by atoms with Gasteiger partial charge in [-0.2, -0.15) is 0 Å². The first-order chi connectivity index (χ1) is 16.7. The summed E-state index contributed by atoms with van der Waals surface area (Å²) in [7, 11) is 0. The summed E-state index contributed by atoms with van der Waals surface area (Å²) in [6.07, 6.45) is 14.0. The van der Waals surface area contributed by atoms with Gasteiger partial charge in [-0.3, -0.25) is 4.79 Å². The normalized spacial score (nSPS) is 18.8. The zero-order valence-corrected chi connectivity index (χ0v) is 21.9. The fraction of sp³-hybridized carbons (Fsp3) is 0.303. The summed E-state index contributed by atoms with van der Waals surface area (Å²) < 4.78 is 0. The zero-order valence-electron chi connectivity index (χ0n) is 21.1. The Morgan fingerprint density at radius 2 is 1.57 bits per heavy atom. The third-order valence-electron chi connectivity index (χ3n) is 7.84. The molecule has 0 N–H and O–H groups in total. The molecule has 35 heavy (non-hydrogen) atoms. The van der Waals surface area contributed by atoms with E-state index in [1.54, 1.807) is 11.1 Å². The number of carbonyl (C=O) groups excluding carboxylic acids is 1. The summed E-state index contributed by atoms with van der Waals surface area (Å²) in [5.74, 6) is 0. The molecular formula is C33H33ClO. The van der Waals surface area contributed by atoms with Crippen LogP contribution in [0.15, 0.2) is 84.5 Å². The van der Waals surface area contributed by atoms with Crippen LogP contribution in [0, 0.1) is 0 Å². The Labute approximate surface area is 214 Å². The number of hydrogen-bond donors (Lipinski definition) is 0. The third-order valence-corrected chi connectivity index (χ3v) is 8.06. The number of benzene rings is 3. The van der Waals surface area contributed by atoms with Crippen LogP contribution < -0.4 is 0 Å². The zero-order chi connectivity index (χ0) is 24.8. The van der Waals surface area contributed by atoms with E-state index >= 15 is 0 Å². The van der Waals surface area contributed by atoms with Gasteiger partial charge in [0.1, 0.15) is 0 Å². The highest BCUT2D eigenvalue weighted by atomic mass is 35.5. The standard InChI is InChI=1S/C18H16.C15H17ClO/c1-3-7-15-13(5-1)9-11-18-16-8-4-2-6-14(16)10-12-17(15)18;1-14(2)7-8-15(3,4)12-9-10(13(16)17)5-6-11(12)14/h1,3-5,7-9,11H,2,6,10,12H2;5-9H,1-4H3. The quantitative estimate of drug-likeness (QED) is 0.250. The molecule has 3 aliphatic carbocycles. The van der Waals surface area contributed by atoms with Crippen LogP contribution in [0.5, 0.6) is 0 Å². The first-order valence-electron chi connectivity index (χ1n) is 12.6. The molecule has 0 fully saturated rings. The molecule has 6 rings (SSSR count). The molecule has 0 aliphatic heterocycles. The van der Waals surface area contributed by atoms with Gasteiger partial charge in [-0.1, -0.05) is 100 Å². The van der Waals surface area contributed by atoms with Crippen molar-refractivity contribution in [2.75, 3.05) is 0 Å². The second-order valence-corrected chi connectivity index (χ2v) is 11.4. The van der Waals surface area contributed by atoms with E-state index in [-0.39, 0.29) is 10.8 Å². The van der Waals surface area contributed by atoms with Crippen LogP contribution in [0.2, 0.25) is 0 Å². The van der Waals surface area contributed by atoms with Crippen LogP contribution in [-0.4, -0.2) is 5.24 Å². The molecule has 0 saturated carbocycles. The highest BCUT2D eigenvalue weighted by Crippen LogP contribution is 2.42. The fourth-order valence-corrected chi connectivity index (χ4v) is 5.86. The maximum atomic E-state index is 11.3. The van der Waals surface area contributed by atoms with Gasteiger partial charge >= 0.3 is 0 Å². The molecule has 178 valence electrons. The van der Waals surface area contributed by atoms with Crippen LogP contribution >= 0.6 is 11.6 Å². The molecule has 0 aromatic heterocycles. The molecule has 3 aromatic carbocycles. The summed E-state index contributed by atoms with van der Waals surface area (Å²) in [4.78, 5) is 11.3. The molecule has 0 unspecified atom stereocenters. The highest BCUT2D eigenvalue weighted by molar-refractivity contribution is 6.67. The van der Waals surface area contributed by atoms with Crippen LogP contribution in [0.25, 0.3) is 16.3 Å². The number of rotatable bonds is 1. The second kappa shape index (κ2) is 8.95. The van der Waals surface area contributed by atoms with E-state index in [9.17, 15) is 4.79 Å². The van der Waals surface area contributed by atoms with Crippen LogP contribution in [0.1, 0.15) is 79.6 Å². The van der Waals surface area contributed by atoms with Crippen molar-refractivity contribution in [3.63, 3.8) is 0 Å². The molecule has 2 heteroatoms. The van der Waals surface area contributed by atoms with Crippen LogP contribution in [0.3, 0.4) is 0 Å². The lowest BCUT2D eigenvalue weighted by molar-refractivity contribution is 0.108. The largest absolute Gasteiger partial charge is 0.276 e. The molecule has 0 spiro atoms. The van der Waals surface area contributed by atoms with E-state index in [0.717, 1.165) is 0 Å². The van der Waals surface area contributed by atoms with Crippen LogP contribution in [0.4, 0.5) is 0 Å². The molecule has 0 atom stereocenters. The SMILES string of the molecule is C1=CC2=C(CC1)CCc1c2ccc2ccccc12.CC1(C)C=CC(C)(C)c2cc(C(=O)Cl)ccc21. The molecule has 0 radical (unpaired) electrons. The number of allylic oxidation sites excluding steroid dienone is 6. The predicted octanol–water partition coefficient (Wildman–Crippen LogP) is 9.08. The molecule has 0 saturated heterocycles. The van der Waals surface area contributed by atoms with Crippen molar-refractivity contribution in [3.8, 4) is 0 Å². The van der Waals surface area contributed by atoms with Gasteiger partial charge in [0.15, 0.2) is 0 Å². The average molecular weight is 481 g/mol. The Kier molecular flexibility index (Phi) is 6.09. The Hall–Kier alpha value is -2.90. The number of fused-ring (bicyclic) bond motifs is 5. The number of hydrogen-bond acceptors (Lipinski definition) is 1. The molecule has 3 aromatic rings. The lowest BCUT2D eigenvalue weighted by Gasteiger charge is -2.36. The molecular weight excluding hydrogens is 448 g/mol. The maximum Gasteiger partial charge on any atom is 0.252 e. The minimum atomic E-state index is -0.393. The Balaban J connectivity index is 0.000000145. The van der Waals surface area contributed by atoms with Crippen molar-refractivity contribution < 1.29 is 4.79 Å². The number of halogens is 1. The lowest BCUT2D eigenvalue weighted by atomic mass is 9.68. The summed E-state index contributed by atoms with van der Waals surface area (Å²) in [6.45, 7) is 8.67.